The predicted molar refractivity (Wildman–Crippen MR) is 84.7 cm³/mol. The van der Waals surface area contributed by atoms with Crippen LogP contribution in [0, 0.1) is 0 Å². The van der Waals surface area contributed by atoms with Crippen molar-refractivity contribution in [2.75, 3.05) is 26.7 Å². The van der Waals surface area contributed by atoms with Crippen LogP contribution in [-0.4, -0.2) is 37.7 Å². The summed E-state index contributed by atoms with van der Waals surface area (Å²) in [6, 6.07) is 8.53. The molecular formula is C17H24N2O2. The van der Waals surface area contributed by atoms with Crippen LogP contribution in [0.4, 0.5) is 0 Å². The number of likely N-dealkylation sites (tertiary alicyclic amines) is 1. The number of nitrogens with one attached hydrogen (secondary N) is 1. The average molecular weight is 288 g/mol. The highest BCUT2D eigenvalue weighted by Gasteiger charge is 2.15. The van der Waals surface area contributed by atoms with Gasteiger partial charge in [0.25, 0.3) is 0 Å². The Morgan fingerprint density at radius 2 is 2.14 bits per heavy atom. The first-order valence-electron chi connectivity index (χ1n) is 7.77. The number of hydrogen-bond donors (Lipinski definition) is 1. The number of hydrogen-bond acceptors (Lipinski definition) is 4. The smallest absolute Gasteiger partial charge is 0.176 e. The molecule has 3 rings (SSSR count). The Kier molecular flexibility index (Phi) is 4.46. The second kappa shape index (κ2) is 6.50. The molecule has 0 bridgehead atoms. The van der Waals surface area contributed by atoms with Gasteiger partial charge < -0.3 is 19.4 Å². The second-order valence-corrected chi connectivity index (χ2v) is 5.88. The molecule has 1 fully saturated rings. The third-order valence-corrected chi connectivity index (χ3v) is 4.13. The highest BCUT2D eigenvalue weighted by molar-refractivity contribution is 5.83. The van der Waals surface area contributed by atoms with Gasteiger partial charge in [-0.2, -0.15) is 0 Å². The summed E-state index contributed by atoms with van der Waals surface area (Å²) >= 11 is 0. The topological polar surface area (TPSA) is 37.6 Å². The summed E-state index contributed by atoms with van der Waals surface area (Å²) in [5.41, 5.74) is 0.837. The monoisotopic (exact) mass is 288 g/mol. The van der Waals surface area contributed by atoms with Crippen LogP contribution in [0.5, 0.6) is 5.75 Å². The number of nitrogens with zero attached hydrogens (tertiary/aromatic N) is 1. The molecule has 1 N–H and O–H groups in total. The normalized spacial score (nSPS) is 17.4. The Hall–Kier alpha value is -1.52. The zero-order chi connectivity index (χ0) is 14.7. The first kappa shape index (κ1) is 14.4. The minimum Gasteiger partial charge on any atom is -0.493 e. The first-order chi connectivity index (χ1) is 10.3. The summed E-state index contributed by atoms with van der Waals surface area (Å²) in [7, 11) is 1.67. The molecule has 0 aliphatic carbocycles. The van der Waals surface area contributed by atoms with Crippen molar-refractivity contribution in [3.05, 3.63) is 30.0 Å². The van der Waals surface area contributed by atoms with E-state index in [4.69, 9.17) is 9.15 Å². The fourth-order valence-corrected chi connectivity index (χ4v) is 3.03. The van der Waals surface area contributed by atoms with Gasteiger partial charge >= 0.3 is 0 Å². The van der Waals surface area contributed by atoms with Crippen molar-refractivity contribution < 1.29 is 9.15 Å². The Morgan fingerprint density at radius 3 is 2.90 bits per heavy atom. The standard InChI is InChI=1S/C17H24N2O2/c1-13(12-19-8-3-4-9-19)18-11-15-10-14-6-5-7-16(20-2)17(14)21-15/h5-7,10,13,18H,3-4,8-9,11-12H2,1-2H3. The Morgan fingerprint density at radius 1 is 1.33 bits per heavy atom. The molecule has 2 aromatic rings. The maximum atomic E-state index is 5.91. The fourth-order valence-electron chi connectivity index (χ4n) is 3.03. The van der Waals surface area contributed by atoms with Crippen molar-refractivity contribution in [2.45, 2.75) is 32.4 Å². The lowest BCUT2D eigenvalue weighted by Gasteiger charge is -2.20. The molecule has 0 amide bonds. The lowest BCUT2D eigenvalue weighted by molar-refractivity contribution is 0.295. The van der Waals surface area contributed by atoms with E-state index in [1.165, 1.54) is 25.9 Å². The van der Waals surface area contributed by atoms with Crippen LogP contribution >= 0.6 is 0 Å². The second-order valence-electron chi connectivity index (χ2n) is 5.88. The molecule has 0 saturated carbocycles. The maximum Gasteiger partial charge on any atom is 0.176 e. The molecule has 1 aliphatic heterocycles. The molecule has 4 nitrogen and oxygen atoms in total. The van der Waals surface area contributed by atoms with Gasteiger partial charge in [-0.05, 0) is 45.0 Å². The molecule has 1 aromatic heterocycles. The fraction of sp³-hybridized carbons (Fsp3) is 0.529. The minimum absolute atomic E-state index is 0.471. The lowest BCUT2D eigenvalue weighted by Crippen LogP contribution is -2.37. The van der Waals surface area contributed by atoms with E-state index in [-0.39, 0.29) is 0 Å². The number of rotatable bonds is 6. The van der Waals surface area contributed by atoms with E-state index in [1.54, 1.807) is 7.11 Å². The number of methoxy groups -OCH3 is 1. The maximum absolute atomic E-state index is 5.91. The van der Waals surface area contributed by atoms with Gasteiger partial charge in [-0.1, -0.05) is 12.1 Å². The van der Waals surface area contributed by atoms with Crippen LogP contribution in [0.1, 0.15) is 25.5 Å². The number of fused-ring (bicyclic) bond motifs is 1. The Bertz CT molecular complexity index is 587. The molecule has 0 spiro atoms. The SMILES string of the molecule is COc1cccc2cc(CNC(C)CN3CCCC3)oc12. The van der Waals surface area contributed by atoms with Gasteiger partial charge in [0.1, 0.15) is 5.76 Å². The van der Waals surface area contributed by atoms with Crippen LogP contribution in [0.3, 0.4) is 0 Å². The van der Waals surface area contributed by atoms with Crippen molar-refractivity contribution >= 4 is 11.0 Å². The van der Waals surface area contributed by atoms with Crippen LogP contribution in [-0.2, 0) is 6.54 Å². The van der Waals surface area contributed by atoms with Crippen molar-refractivity contribution in [1.82, 2.24) is 10.2 Å². The molecule has 1 aromatic carbocycles. The molecule has 1 atom stereocenters. The highest BCUT2D eigenvalue weighted by Crippen LogP contribution is 2.28. The van der Waals surface area contributed by atoms with E-state index in [0.717, 1.165) is 35.6 Å². The summed E-state index contributed by atoms with van der Waals surface area (Å²) in [5.74, 6) is 1.76. The summed E-state index contributed by atoms with van der Waals surface area (Å²) in [6.45, 7) is 6.60. The number of ether oxygens (including phenoxy) is 1. The Balaban J connectivity index is 1.59. The number of furan rings is 1. The Labute approximate surface area is 126 Å². The third-order valence-electron chi connectivity index (χ3n) is 4.13. The molecular weight excluding hydrogens is 264 g/mol. The van der Waals surface area contributed by atoms with E-state index in [9.17, 15) is 0 Å². The van der Waals surface area contributed by atoms with Crippen LogP contribution < -0.4 is 10.1 Å². The summed E-state index contributed by atoms with van der Waals surface area (Å²) < 4.78 is 11.2. The molecule has 1 saturated heterocycles. The third kappa shape index (κ3) is 3.39. The van der Waals surface area contributed by atoms with E-state index < -0.39 is 0 Å². The van der Waals surface area contributed by atoms with Gasteiger partial charge in [-0.25, -0.2) is 0 Å². The molecule has 1 aliphatic rings. The van der Waals surface area contributed by atoms with Crippen molar-refractivity contribution in [3.63, 3.8) is 0 Å². The molecule has 2 heterocycles. The number of benzene rings is 1. The molecule has 0 radical (unpaired) electrons. The summed E-state index contributed by atoms with van der Waals surface area (Å²) in [5, 5.41) is 4.64. The lowest BCUT2D eigenvalue weighted by atomic mass is 10.2. The average Bonchev–Trinajstić information content (AvgIpc) is 3.13. The van der Waals surface area contributed by atoms with E-state index in [2.05, 4.69) is 29.3 Å². The quantitative estimate of drug-likeness (QED) is 0.886. The predicted octanol–water partition coefficient (Wildman–Crippen LogP) is 3.02. The zero-order valence-electron chi connectivity index (χ0n) is 12.9. The van der Waals surface area contributed by atoms with Gasteiger partial charge in [0.2, 0.25) is 0 Å². The molecule has 21 heavy (non-hydrogen) atoms. The molecule has 114 valence electrons. The largest absolute Gasteiger partial charge is 0.493 e. The van der Waals surface area contributed by atoms with Crippen molar-refractivity contribution in [3.8, 4) is 5.75 Å². The van der Waals surface area contributed by atoms with Gasteiger partial charge in [0.15, 0.2) is 11.3 Å². The zero-order valence-corrected chi connectivity index (χ0v) is 12.9. The highest BCUT2D eigenvalue weighted by atomic mass is 16.5. The minimum atomic E-state index is 0.471. The molecule has 1 unspecified atom stereocenters. The van der Waals surface area contributed by atoms with E-state index in [0.29, 0.717) is 6.04 Å². The van der Waals surface area contributed by atoms with Gasteiger partial charge in [-0.15, -0.1) is 0 Å². The van der Waals surface area contributed by atoms with E-state index in [1.807, 2.05) is 12.1 Å². The van der Waals surface area contributed by atoms with Crippen molar-refractivity contribution in [2.24, 2.45) is 0 Å². The summed E-state index contributed by atoms with van der Waals surface area (Å²) in [6.07, 6.45) is 2.69. The first-order valence-corrected chi connectivity index (χ1v) is 7.77. The van der Waals surface area contributed by atoms with Gasteiger partial charge in [0.05, 0.1) is 13.7 Å². The van der Waals surface area contributed by atoms with Crippen LogP contribution in [0.2, 0.25) is 0 Å². The van der Waals surface area contributed by atoms with Crippen LogP contribution in [0.25, 0.3) is 11.0 Å². The van der Waals surface area contributed by atoms with E-state index >= 15 is 0 Å². The summed E-state index contributed by atoms with van der Waals surface area (Å²) in [4.78, 5) is 2.53. The van der Waals surface area contributed by atoms with Gasteiger partial charge in [-0.3, -0.25) is 0 Å². The number of para-hydroxylation sites is 1. The molecule has 4 heteroatoms. The van der Waals surface area contributed by atoms with Crippen molar-refractivity contribution in [1.29, 1.82) is 0 Å². The van der Waals surface area contributed by atoms with Gasteiger partial charge in [0, 0.05) is 18.0 Å². The van der Waals surface area contributed by atoms with Crippen LogP contribution in [0.15, 0.2) is 28.7 Å².